The van der Waals surface area contributed by atoms with Crippen LogP contribution < -0.4 is 5.32 Å². The highest BCUT2D eigenvalue weighted by molar-refractivity contribution is 5.97. The minimum Gasteiger partial charge on any atom is -0.339 e. The fourth-order valence-corrected chi connectivity index (χ4v) is 3.47. The van der Waals surface area contributed by atoms with Crippen molar-refractivity contribution in [3.63, 3.8) is 0 Å². The third-order valence-electron chi connectivity index (χ3n) is 5.12. The first-order valence-corrected chi connectivity index (χ1v) is 9.89. The summed E-state index contributed by atoms with van der Waals surface area (Å²) >= 11 is 0. The van der Waals surface area contributed by atoms with Crippen LogP contribution in [0.25, 0.3) is 10.9 Å². The third kappa shape index (κ3) is 4.85. The number of nitrogens with zero attached hydrogens (tertiary/aromatic N) is 2. The Kier molecular flexibility index (Phi) is 5.99. The summed E-state index contributed by atoms with van der Waals surface area (Å²) in [6.07, 6.45) is -7.05. The van der Waals surface area contributed by atoms with E-state index in [1.807, 2.05) is 0 Å². The molecular weight excluding hydrogens is 460 g/mol. The smallest absolute Gasteiger partial charge is 0.339 e. The Morgan fingerprint density at radius 1 is 0.824 bits per heavy atom. The second kappa shape index (κ2) is 8.77. The van der Waals surface area contributed by atoms with Crippen molar-refractivity contribution in [3.05, 3.63) is 107 Å². The van der Waals surface area contributed by atoms with Crippen LogP contribution in [-0.2, 0) is 12.4 Å². The SMILES string of the molecule is O=C(N[C@@H](c1ccc(C(F)(F)F)cc1)c1ncccc1C(F)(F)F)c1cnc2ccccc2c1. The summed E-state index contributed by atoms with van der Waals surface area (Å²) in [5.41, 5.74) is -1.95. The van der Waals surface area contributed by atoms with E-state index in [2.05, 4.69) is 15.3 Å². The number of hydrogen-bond donors (Lipinski definition) is 1. The summed E-state index contributed by atoms with van der Waals surface area (Å²) < 4.78 is 80.0. The number of para-hydroxylation sites is 1. The second-order valence-electron chi connectivity index (χ2n) is 7.38. The van der Waals surface area contributed by atoms with Crippen LogP contribution in [0.2, 0.25) is 0 Å². The molecule has 0 saturated heterocycles. The highest BCUT2D eigenvalue weighted by Gasteiger charge is 2.37. The number of hydrogen-bond acceptors (Lipinski definition) is 3. The Morgan fingerprint density at radius 3 is 2.21 bits per heavy atom. The monoisotopic (exact) mass is 475 g/mol. The average Bonchev–Trinajstić information content (AvgIpc) is 2.81. The largest absolute Gasteiger partial charge is 0.418 e. The van der Waals surface area contributed by atoms with Crippen molar-refractivity contribution < 1.29 is 31.1 Å². The topological polar surface area (TPSA) is 54.9 Å². The van der Waals surface area contributed by atoms with Gasteiger partial charge in [0.1, 0.15) is 0 Å². The molecule has 0 radical (unpaired) electrons. The van der Waals surface area contributed by atoms with Crippen molar-refractivity contribution in [2.45, 2.75) is 18.4 Å². The van der Waals surface area contributed by atoms with E-state index in [-0.39, 0.29) is 11.1 Å². The molecule has 174 valence electrons. The number of fused-ring (bicyclic) bond motifs is 1. The van der Waals surface area contributed by atoms with Gasteiger partial charge in [-0.05, 0) is 42.0 Å². The highest BCUT2D eigenvalue weighted by Crippen LogP contribution is 2.36. The molecule has 1 amide bonds. The maximum absolute atomic E-state index is 13.7. The van der Waals surface area contributed by atoms with E-state index in [0.717, 1.165) is 42.6 Å². The van der Waals surface area contributed by atoms with E-state index in [1.54, 1.807) is 24.3 Å². The minimum absolute atomic E-state index is 0.000650. The normalized spacial score (nSPS) is 13.0. The van der Waals surface area contributed by atoms with Crippen molar-refractivity contribution in [1.82, 2.24) is 15.3 Å². The van der Waals surface area contributed by atoms with Crippen LogP contribution >= 0.6 is 0 Å². The maximum atomic E-state index is 13.7. The lowest BCUT2D eigenvalue weighted by Gasteiger charge is -2.23. The van der Waals surface area contributed by atoms with Crippen LogP contribution in [0.15, 0.2) is 79.1 Å². The predicted molar refractivity (Wildman–Crippen MR) is 112 cm³/mol. The standard InChI is InChI=1S/C24H15F6N3O/c25-23(26,27)17-9-7-14(8-10-17)20(21-18(24(28,29)30)5-3-11-31-21)33-22(34)16-12-15-4-1-2-6-19(15)32-13-16/h1-13,20H,(H,33,34)/t20-/m0/s1. The molecule has 0 aliphatic rings. The fraction of sp³-hybridized carbons (Fsp3) is 0.125. The van der Waals surface area contributed by atoms with Crippen molar-refractivity contribution in [1.29, 1.82) is 0 Å². The molecule has 0 aliphatic carbocycles. The molecule has 0 aliphatic heterocycles. The quantitative estimate of drug-likeness (QED) is 0.359. The van der Waals surface area contributed by atoms with Gasteiger partial charge in [0.15, 0.2) is 0 Å². The Labute approximate surface area is 189 Å². The Morgan fingerprint density at radius 2 is 1.53 bits per heavy atom. The summed E-state index contributed by atoms with van der Waals surface area (Å²) in [6, 6.07) is 12.4. The summed E-state index contributed by atoms with van der Waals surface area (Å²) in [7, 11) is 0. The van der Waals surface area contributed by atoms with Gasteiger partial charge in [-0.3, -0.25) is 14.8 Å². The number of alkyl halides is 6. The van der Waals surface area contributed by atoms with Crippen LogP contribution in [0.5, 0.6) is 0 Å². The van der Waals surface area contributed by atoms with Crippen LogP contribution in [-0.4, -0.2) is 15.9 Å². The number of aromatic nitrogens is 2. The first-order chi connectivity index (χ1) is 16.0. The zero-order valence-corrected chi connectivity index (χ0v) is 17.2. The zero-order valence-electron chi connectivity index (χ0n) is 17.2. The molecule has 1 N–H and O–H groups in total. The summed E-state index contributed by atoms with van der Waals surface area (Å²) in [6.45, 7) is 0. The molecule has 2 heterocycles. The molecule has 0 bridgehead atoms. The van der Waals surface area contributed by atoms with Crippen molar-refractivity contribution in [2.75, 3.05) is 0 Å². The predicted octanol–water partition coefficient (Wildman–Crippen LogP) is 6.19. The summed E-state index contributed by atoms with van der Waals surface area (Å²) in [5.74, 6) is -0.762. The Hall–Kier alpha value is -3.95. The van der Waals surface area contributed by atoms with Gasteiger partial charge < -0.3 is 5.32 Å². The summed E-state index contributed by atoms with van der Waals surface area (Å²) in [4.78, 5) is 21.0. The molecular formula is C24H15F6N3O. The van der Waals surface area contributed by atoms with Gasteiger partial charge in [0.2, 0.25) is 0 Å². The minimum atomic E-state index is -4.80. The molecule has 4 rings (SSSR count). The number of amides is 1. The molecule has 2 aromatic carbocycles. The third-order valence-corrected chi connectivity index (χ3v) is 5.12. The molecule has 4 aromatic rings. The number of pyridine rings is 2. The van der Waals surface area contributed by atoms with Gasteiger partial charge >= 0.3 is 12.4 Å². The van der Waals surface area contributed by atoms with Crippen LogP contribution in [0.1, 0.15) is 38.8 Å². The van der Waals surface area contributed by atoms with E-state index < -0.39 is 41.1 Å². The number of halogens is 6. The van der Waals surface area contributed by atoms with Gasteiger partial charge in [0, 0.05) is 17.8 Å². The molecule has 0 spiro atoms. The van der Waals surface area contributed by atoms with Crippen LogP contribution in [0.3, 0.4) is 0 Å². The lowest BCUT2D eigenvalue weighted by Crippen LogP contribution is -2.31. The Balaban J connectivity index is 1.77. The first kappa shape index (κ1) is 23.2. The molecule has 4 nitrogen and oxygen atoms in total. The van der Waals surface area contributed by atoms with Crippen molar-refractivity contribution in [2.24, 2.45) is 0 Å². The highest BCUT2D eigenvalue weighted by atomic mass is 19.4. The number of rotatable bonds is 4. The van der Waals surface area contributed by atoms with E-state index in [4.69, 9.17) is 0 Å². The van der Waals surface area contributed by atoms with Crippen molar-refractivity contribution >= 4 is 16.8 Å². The lowest BCUT2D eigenvalue weighted by atomic mass is 9.97. The van der Waals surface area contributed by atoms with E-state index in [0.29, 0.717) is 10.9 Å². The molecule has 1 atom stereocenters. The lowest BCUT2D eigenvalue weighted by molar-refractivity contribution is -0.139. The number of carbonyl (C=O) groups excluding carboxylic acids is 1. The van der Waals surface area contributed by atoms with Gasteiger partial charge in [-0.15, -0.1) is 0 Å². The van der Waals surface area contributed by atoms with Gasteiger partial charge in [0.25, 0.3) is 5.91 Å². The first-order valence-electron chi connectivity index (χ1n) is 9.89. The van der Waals surface area contributed by atoms with Gasteiger partial charge in [-0.2, -0.15) is 26.3 Å². The van der Waals surface area contributed by atoms with Crippen LogP contribution in [0, 0.1) is 0 Å². The van der Waals surface area contributed by atoms with E-state index in [1.165, 1.54) is 12.3 Å². The van der Waals surface area contributed by atoms with Gasteiger partial charge in [0.05, 0.1) is 33.9 Å². The zero-order chi connectivity index (χ0) is 24.5. The number of benzene rings is 2. The average molecular weight is 475 g/mol. The summed E-state index contributed by atoms with van der Waals surface area (Å²) in [5, 5.41) is 3.11. The van der Waals surface area contributed by atoms with E-state index >= 15 is 0 Å². The van der Waals surface area contributed by atoms with E-state index in [9.17, 15) is 31.1 Å². The second-order valence-corrected chi connectivity index (χ2v) is 7.38. The molecule has 34 heavy (non-hydrogen) atoms. The number of carbonyl (C=O) groups is 1. The molecule has 10 heteroatoms. The molecule has 2 aromatic heterocycles. The maximum Gasteiger partial charge on any atom is 0.418 e. The molecule has 0 saturated carbocycles. The fourth-order valence-electron chi connectivity index (χ4n) is 3.47. The Bertz CT molecular complexity index is 1330. The number of nitrogens with one attached hydrogen (secondary N) is 1. The van der Waals surface area contributed by atoms with Crippen molar-refractivity contribution in [3.8, 4) is 0 Å². The molecule has 0 fully saturated rings. The van der Waals surface area contributed by atoms with Gasteiger partial charge in [-0.1, -0.05) is 30.3 Å². The van der Waals surface area contributed by atoms with Gasteiger partial charge in [-0.25, -0.2) is 0 Å². The molecule has 0 unspecified atom stereocenters. The van der Waals surface area contributed by atoms with Crippen LogP contribution in [0.4, 0.5) is 26.3 Å².